The zero-order valence-corrected chi connectivity index (χ0v) is 10.4. The van der Waals surface area contributed by atoms with Crippen LogP contribution in [0.15, 0.2) is 29.1 Å². The minimum atomic E-state index is 0.376. The summed E-state index contributed by atoms with van der Waals surface area (Å²) in [6, 6.07) is 3.87. The Labute approximate surface area is 101 Å². The Morgan fingerprint density at radius 3 is 2.76 bits per heavy atom. The summed E-state index contributed by atoms with van der Waals surface area (Å²) < 4.78 is 5.07. The molecule has 2 heterocycles. The molecule has 2 rings (SSSR count). The molecule has 0 aliphatic carbocycles. The lowest BCUT2D eigenvalue weighted by Gasteiger charge is -2.10. The first kappa shape index (κ1) is 11.6. The third-order valence-electron chi connectivity index (χ3n) is 2.47. The molecule has 0 unspecified atom stereocenters. The van der Waals surface area contributed by atoms with Gasteiger partial charge in [-0.15, -0.1) is 0 Å². The Morgan fingerprint density at radius 2 is 2.18 bits per heavy atom. The second-order valence-corrected chi connectivity index (χ2v) is 4.20. The molecule has 0 aliphatic rings. The molecular weight excluding hydrogens is 214 g/mol. The number of hydrogen-bond acceptors (Lipinski definition) is 4. The molecule has 0 amide bonds. The second kappa shape index (κ2) is 4.99. The van der Waals surface area contributed by atoms with Crippen LogP contribution < -0.4 is 5.32 Å². The van der Waals surface area contributed by atoms with Crippen molar-refractivity contribution in [3.8, 4) is 11.4 Å². The molecule has 2 aromatic rings. The fourth-order valence-corrected chi connectivity index (χ4v) is 1.55. The van der Waals surface area contributed by atoms with Gasteiger partial charge in [0.1, 0.15) is 12.1 Å². The van der Waals surface area contributed by atoms with Crippen LogP contribution in [0.25, 0.3) is 11.4 Å². The van der Waals surface area contributed by atoms with Crippen LogP contribution in [0.2, 0.25) is 0 Å². The number of aromatic nitrogens is 2. The van der Waals surface area contributed by atoms with E-state index >= 15 is 0 Å². The van der Waals surface area contributed by atoms with Gasteiger partial charge in [-0.25, -0.2) is 9.97 Å². The highest BCUT2D eigenvalue weighted by atomic mass is 16.3. The highest BCUT2D eigenvalue weighted by molar-refractivity contribution is 5.56. The monoisotopic (exact) mass is 231 g/mol. The maximum absolute atomic E-state index is 5.07. The van der Waals surface area contributed by atoms with Crippen molar-refractivity contribution in [2.24, 2.45) is 0 Å². The molecular formula is C13H17N3O. The lowest BCUT2D eigenvalue weighted by Crippen LogP contribution is -2.04. The summed E-state index contributed by atoms with van der Waals surface area (Å²) in [6.07, 6.45) is 3.29. The average Bonchev–Trinajstić information content (AvgIpc) is 2.82. The molecule has 0 fully saturated rings. The third kappa shape index (κ3) is 2.64. The normalized spacial score (nSPS) is 10.8. The molecule has 0 aromatic carbocycles. The van der Waals surface area contributed by atoms with Crippen LogP contribution >= 0.6 is 0 Å². The van der Waals surface area contributed by atoms with Gasteiger partial charge in [-0.1, -0.05) is 13.8 Å². The van der Waals surface area contributed by atoms with Gasteiger partial charge in [-0.3, -0.25) is 0 Å². The van der Waals surface area contributed by atoms with E-state index in [1.54, 1.807) is 12.5 Å². The van der Waals surface area contributed by atoms with Gasteiger partial charge in [0.2, 0.25) is 0 Å². The van der Waals surface area contributed by atoms with Crippen LogP contribution in [-0.4, -0.2) is 16.5 Å². The van der Waals surface area contributed by atoms with Gasteiger partial charge in [0.15, 0.2) is 5.82 Å². The predicted octanol–water partition coefficient (Wildman–Crippen LogP) is 3.29. The van der Waals surface area contributed by atoms with E-state index in [4.69, 9.17) is 4.42 Å². The highest BCUT2D eigenvalue weighted by Crippen LogP contribution is 2.21. The maximum atomic E-state index is 5.07. The van der Waals surface area contributed by atoms with Gasteiger partial charge < -0.3 is 9.73 Å². The Balaban J connectivity index is 2.44. The number of nitrogens with zero attached hydrogens (tertiary/aromatic N) is 2. The van der Waals surface area contributed by atoms with Crippen LogP contribution in [0, 0.1) is 0 Å². The van der Waals surface area contributed by atoms with Crippen LogP contribution in [-0.2, 0) is 0 Å². The summed E-state index contributed by atoms with van der Waals surface area (Å²) in [6.45, 7) is 7.14. The molecule has 2 aromatic heterocycles. The molecule has 4 nitrogen and oxygen atoms in total. The van der Waals surface area contributed by atoms with E-state index in [-0.39, 0.29) is 0 Å². The number of rotatable bonds is 4. The minimum Gasteiger partial charge on any atom is -0.472 e. The van der Waals surface area contributed by atoms with Crippen LogP contribution in [0.4, 0.5) is 5.82 Å². The lowest BCUT2D eigenvalue weighted by molar-refractivity contribution is 0.568. The summed E-state index contributed by atoms with van der Waals surface area (Å²) in [7, 11) is 0. The maximum Gasteiger partial charge on any atom is 0.165 e. The van der Waals surface area contributed by atoms with E-state index in [0.717, 1.165) is 23.6 Å². The molecule has 0 atom stereocenters. The number of furan rings is 1. The summed E-state index contributed by atoms with van der Waals surface area (Å²) in [5, 5.41) is 3.22. The van der Waals surface area contributed by atoms with Crippen molar-refractivity contribution in [3.05, 3.63) is 30.4 Å². The zero-order chi connectivity index (χ0) is 12.3. The van der Waals surface area contributed by atoms with Gasteiger partial charge in [-0.2, -0.15) is 0 Å². The van der Waals surface area contributed by atoms with E-state index in [0.29, 0.717) is 11.7 Å². The third-order valence-corrected chi connectivity index (χ3v) is 2.47. The number of anilines is 1. The summed E-state index contributed by atoms with van der Waals surface area (Å²) >= 11 is 0. The van der Waals surface area contributed by atoms with Crippen molar-refractivity contribution >= 4 is 5.82 Å². The molecule has 0 spiro atoms. The summed E-state index contributed by atoms with van der Waals surface area (Å²) in [5.74, 6) is 1.95. The largest absolute Gasteiger partial charge is 0.472 e. The summed E-state index contributed by atoms with van der Waals surface area (Å²) in [5.41, 5.74) is 1.94. The van der Waals surface area contributed by atoms with Gasteiger partial charge >= 0.3 is 0 Å². The Hall–Kier alpha value is -1.84. The molecule has 0 bridgehead atoms. The molecule has 90 valence electrons. The van der Waals surface area contributed by atoms with Crippen molar-refractivity contribution in [2.75, 3.05) is 11.9 Å². The molecule has 4 heteroatoms. The minimum absolute atomic E-state index is 0.376. The van der Waals surface area contributed by atoms with E-state index in [2.05, 4.69) is 36.1 Å². The Bertz CT molecular complexity index is 477. The van der Waals surface area contributed by atoms with Gasteiger partial charge in [0, 0.05) is 18.3 Å². The van der Waals surface area contributed by atoms with Gasteiger partial charge in [-0.05, 0) is 18.9 Å². The molecule has 0 saturated heterocycles. The van der Waals surface area contributed by atoms with E-state index in [1.165, 1.54) is 0 Å². The second-order valence-electron chi connectivity index (χ2n) is 4.20. The molecule has 1 N–H and O–H groups in total. The quantitative estimate of drug-likeness (QED) is 0.877. The number of hydrogen-bond donors (Lipinski definition) is 1. The fourth-order valence-electron chi connectivity index (χ4n) is 1.55. The zero-order valence-electron chi connectivity index (χ0n) is 10.4. The highest BCUT2D eigenvalue weighted by Gasteiger charge is 2.09. The average molecular weight is 231 g/mol. The van der Waals surface area contributed by atoms with Crippen LogP contribution in [0.5, 0.6) is 0 Å². The fraction of sp³-hybridized carbons (Fsp3) is 0.385. The molecule has 0 saturated carbocycles. The van der Waals surface area contributed by atoms with E-state index in [9.17, 15) is 0 Å². The smallest absolute Gasteiger partial charge is 0.165 e. The predicted molar refractivity (Wildman–Crippen MR) is 68.0 cm³/mol. The van der Waals surface area contributed by atoms with Crippen molar-refractivity contribution in [1.82, 2.24) is 9.97 Å². The first-order valence-corrected chi connectivity index (χ1v) is 5.86. The topological polar surface area (TPSA) is 51.0 Å². The van der Waals surface area contributed by atoms with E-state index < -0.39 is 0 Å². The summed E-state index contributed by atoms with van der Waals surface area (Å²) in [4.78, 5) is 9.01. The molecule has 17 heavy (non-hydrogen) atoms. The SMILES string of the molecule is CCNc1cc(C(C)C)nc(-c2ccoc2)n1. The van der Waals surface area contributed by atoms with Gasteiger partial charge in [0.05, 0.1) is 11.8 Å². The standard InChI is InChI=1S/C13H17N3O/c1-4-14-12-7-11(9(2)3)15-13(16-12)10-5-6-17-8-10/h5-9H,4H2,1-3H3,(H,14,15,16). The lowest BCUT2D eigenvalue weighted by atomic mass is 10.1. The van der Waals surface area contributed by atoms with Crippen molar-refractivity contribution in [1.29, 1.82) is 0 Å². The van der Waals surface area contributed by atoms with Gasteiger partial charge in [0.25, 0.3) is 0 Å². The van der Waals surface area contributed by atoms with E-state index in [1.807, 2.05) is 12.1 Å². The van der Waals surface area contributed by atoms with Crippen molar-refractivity contribution in [3.63, 3.8) is 0 Å². The first-order valence-electron chi connectivity index (χ1n) is 5.86. The number of nitrogens with one attached hydrogen (secondary N) is 1. The van der Waals surface area contributed by atoms with Crippen molar-refractivity contribution < 1.29 is 4.42 Å². The molecule has 0 aliphatic heterocycles. The molecule has 0 radical (unpaired) electrons. The Morgan fingerprint density at radius 1 is 1.35 bits per heavy atom. The van der Waals surface area contributed by atoms with Crippen LogP contribution in [0.1, 0.15) is 32.4 Å². The van der Waals surface area contributed by atoms with Crippen LogP contribution in [0.3, 0.4) is 0 Å². The van der Waals surface area contributed by atoms with Crippen molar-refractivity contribution in [2.45, 2.75) is 26.7 Å². The first-order chi connectivity index (χ1) is 8.20. The Kier molecular flexibility index (Phi) is 3.42.